The predicted octanol–water partition coefficient (Wildman–Crippen LogP) is 0.0894. The Morgan fingerprint density at radius 1 is 1.62 bits per heavy atom. The molecule has 0 aliphatic rings. The Morgan fingerprint density at radius 3 is 2.62 bits per heavy atom. The lowest BCUT2D eigenvalue weighted by Crippen LogP contribution is -1.95. The van der Waals surface area contributed by atoms with Crippen LogP contribution < -0.4 is 0 Å². The van der Waals surface area contributed by atoms with E-state index in [0.717, 1.165) is 0 Å². The van der Waals surface area contributed by atoms with Crippen molar-refractivity contribution in [3.63, 3.8) is 0 Å². The van der Waals surface area contributed by atoms with Crippen molar-refractivity contribution < 1.29 is 15.0 Å². The average Bonchev–Trinajstić information content (AvgIpc) is 1.66. The van der Waals surface area contributed by atoms with Gasteiger partial charge in [-0.25, -0.2) is 0 Å². The molecule has 0 radical (unpaired) electrons. The van der Waals surface area contributed by atoms with E-state index in [1.165, 1.54) is 0 Å². The zero-order valence-electron chi connectivity index (χ0n) is 4.42. The number of carboxylic acids is 1. The monoisotopic (exact) mass is 136 g/mol. The lowest BCUT2D eigenvalue weighted by Gasteiger charge is -1.90. The molecule has 0 aromatic carbocycles. The maximum absolute atomic E-state index is 9.80. The van der Waals surface area contributed by atoms with Crippen molar-refractivity contribution in [2.45, 2.75) is 6.42 Å². The maximum Gasteiger partial charge on any atom is 0.303 e. The highest BCUT2D eigenvalue weighted by atomic mass is 31.1. The Morgan fingerprint density at radius 2 is 2.25 bits per heavy atom. The van der Waals surface area contributed by atoms with E-state index in [1.807, 2.05) is 0 Å². The summed E-state index contributed by atoms with van der Waals surface area (Å²) in [7, 11) is 0.382. The first-order chi connectivity index (χ1) is 3.77. The number of hydrogen-bond acceptors (Lipinski definition) is 2. The second-order valence-electron chi connectivity index (χ2n) is 1.30. The first kappa shape index (κ1) is 7.86. The van der Waals surface area contributed by atoms with Crippen LogP contribution in [0.3, 0.4) is 0 Å². The summed E-state index contributed by atoms with van der Waals surface area (Å²) in [4.78, 5) is 9.80. The summed E-state index contributed by atoms with van der Waals surface area (Å²) in [6, 6.07) is 0. The van der Waals surface area contributed by atoms with Gasteiger partial charge in [0.2, 0.25) is 0 Å². The van der Waals surface area contributed by atoms with Gasteiger partial charge in [-0.15, -0.1) is 0 Å². The van der Waals surface area contributed by atoms with Gasteiger partial charge in [0.25, 0.3) is 0 Å². The van der Waals surface area contributed by atoms with Crippen molar-refractivity contribution in [1.29, 1.82) is 0 Å². The van der Waals surface area contributed by atoms with Gasteiger partial charge < -0.3 is 10.2 Å². The summed E-state index contributed by atoms with van der Waals surface area (Å²) >= 11 is 0. The molecule has 4 heteroatoms. The first-order valence-electron chi connectivity index (χ1n) is 2.30. The molecule has 0 fully saturated rings. The fourth-order valence-electron chi connectivity index (χ4n) is 0.274. The standard InChI is InChI=1S/C4H9O3P/c5-3-8-2-1-4(6)7/h5,8H,1-3H2,(H,6,7). The topological polar surface area (TPSA) is 57.5 Å². The quantitative estimate of drug-likeness (QED) is 0.425. The van der Waals surface area contributed by atoms with Crippen LogP contribution in [0.25, 0.3) is 0 Å². The molecular weight excluding hydrogens is 127 g/mol. The molecule has 0 saturated carbocycles. The summed E-state index contributed by atoms with van der Waals surface area (Å²) in [5.74, 6) is -0.786. The predicted molar refractivity (Wildman–Crippen MR) is 32.5 cm³/mol. The largest absolute Gasteiger partial charge is 0.481 e. The average molecular weight is 136 g/mol. The van der Waals surface area contributed by atoms with E-state index in [2.05, 4.69) is 0 Å². The van der Waals surface area contributed by atoms with Gasteiger partial charge in [0.15, 0.2) is 0 Å². The number of carboxylic acid groups (broad SMARTS) is 1. The maximum atomic E-state index is 9.80. The Kier molecular flexibility index (Phi) is 4.92. The summed E-state index contributed by atoms with van der Waals surface area (Å²) in [6.45, 7) is 0. The molecule has 2 N–H and O–H groups in total. The number of hydrogen-bond donors (Lipinski definition) is 2. The molecule has 3 nitrogen and oxygen atoms in total. The number of aliphatic carboxylic acids is 1. The minimum absolute atomic E-state index is 0.118. The Bertz CT molecular complexity index is 73.7. The number of carbonyl (C=O) groups is 1. The molecule has 1 unspecified atom stereocenters. The van der Waals surface area contributed by atoms with Crippen LogP contribution in [0, 0.1) is 0 Å². The van der Waals surface area contributed by atoms with E-state index in [-0.39, 0.29) is 12.8 Å². The lowest BCUT2D eigenvalue weighted by atomic mass is 10.5. The first-order valence-corrected chi connectivity index (χ1v) is 3.72. The van der Waals surface area contributed by atoms with E-state index < -0.39 is 5.97 Å². The SMILES string of the molecule is O=C(O)CCPCO. The van der Waals surface area contributed by atoms with Crippen molar-refractivity contribution in [2.75, 3.05) is 12.5 Å². The molecular formula is C4H9O3P. The van der Waals surface area contributed by atoms with Crippen molar-refractivity contribution in [3.05, 3.63) is 0 Å². The summed E-state index contributed by atoms with van der Waals surface area (Å²) in [5.41, 5.74) is 0. The van der Waals surface area contributed by atoms with Gasteiger partial charge in [-0.1, -0.05) is 8.58 Å². The highest BCUT2D eigenvalue weighted by Gasteiger charge is 1.93. The highest BCUT2D eigenvalue weighted by molar-refractivity contribution is 7.37. The van der Waals surface area contributed by atoms with Gasteiger partial charge in [0.05, 0.1) is 6.35 Å². The highest BCUT2D eigenvalue weighted by Crippen LogP contribution is 2.07. The molecule has 1 atom stereocenters. The molecule has 8 heavy (non-hydrogen) atoms. The Hall–Kier alpha value is -0.140. The molecule has 0 rings (SSSR count). The van der Waals surface area contributed by atoms with Crippen molar-refractivity contribution in [3.8, 4) is 0 Å². The van der Waals surface area contributed by atoms with Crippen molar-refractivity contribution >= 4 is 14.6 Å². The van der Waals surface area contributed by atoms with Crippen LogP contribution >= 0.6 is 8.58 Å². The van der Waals surface area contributed by atoms with Gasteiger partial charge >= 0.3 is 5.97 Å². The summed E-state index contributed by atoms with van der Waals surface area (Å²) in [5, 5.41) is 16.3. The number of aliphatic hydroxyl groups excluding tert-OH is 1. The van der Waals surface area contributed by atoms with Gasteiger partial charge in [-0.2, -0.15) is 0 Å². The van der Waals surface area contributed by atoms with E-state index in [0.29, 0.717) is 14.7 Å². The molecule has 0 aromatic rings. The van der Waals surface area contributed by atoms with E-state index in [1.54, 1.807) is 0 Å². The van der Waals surface area contributed by atoms with E-state index >= 15 is 0 Å². The number of aliphatic hydroxyl groups is 1. The van der Waals surface area contributed by atoms with Gasteiger partial charge in [0, 0.05) is 6.42 Å². The van der Waals surface area contributed by atoms with Crippen LogP contribution in [0.1, 0.15) is 6.42 Å². The molecule has 0 aromatic heterocycles. The second kappa shape index (κ2) is 5.01. The van der Waals surface area contributed by atoms with Gasteiger partial charge in [-0.3, -0.25) is 4.79 Å². The molecule has 0 heterocycles. The van der Waals surface area contributed by atoms with Crippen LogP contribution in [0.2, 0.25) is 0 Å². The zero-order valence-corrected chi connectivity index (χ0v) is 5.42. The Labute approximate surface area is 49.5 Å². The molecule has 0 saturated heterocycles. The lowest BCUT2D eigenvalue weighted by molar-refractivity contribution is -0.136. The Balaban J connectivity index is 2.82. The second-order valence-corrected chi connectivity index (χ2v) is 2.62. The van der Waals surface area contributed by atoms with Gasteiger partial charge in [0.1, 0.15) is 0 Å². The summed E-state index contributed by atoms with van der Waals surface area (Å²) < 4.78 is 0. The van der Waals surface area contributed by atoms with Gasteiger partial charge in [-0.05, 0) is 6.16 Å². The fourth-order valence-corrected chi connectivity index (χ4v) is 0.823. The smallest absolute Gasteiger partial charge is 0.303 e. The third-order valence-corrected chi connectivity index (χ3v) is 1.45. The van der Waals surface area contributed by atoms with E-state index in [9.17, 15) is 4.79 Å². The van der Waals surface area contributed by atoms with Crippen LogP contribution in [0.5, 0.6) is 0 Å². The normalized spacial score (nSPS) is 10.6. The zero-order chi connectivity index (χ0) is 6.41. The van der Waals surface area contributed by atoms with Crippen LogP contribution in [-0.4, -0.2) is 28.7 Å². The molecule has 0 bridgehead atoms. The van der Waals surface area contributed by atoms with Crippen molar-refractivity contribution in [2.24, 2.45) is 0 Å². The minimum atomic E-state index is -0.786. The van der Waals surface area contributed by atoms with Crippen molar-refractivity contribution in [1.82, 2.24) is 0 Å². The molecule has 0 spiro atoms. The summed E-state index contributed by atoms with van der Waals surface area (Å²) in [6.07, 6.45) is 0.901. The van der Waals surface area contributed by atoms with Crippen LogP contribution in [0.15, 0.2) is 0 Å². The fraction of sp³-hybridized carbons (Fsp3) is 0.750. The third kappa shape index (κ3) is 5.86. The molecule has 0 amide bonds. The van der Waals surface area contributed by atoms with Crippen LogP contribution in [0.4, 0.5) is 0 Å². The minimum Gasteiger partial charge on any atom is -0.481 e. The molecule has 0 aliphatic carbocycles. The van der Waals surface area contributed by atoms with Crippen LogP contribution in [-0.2, 0) is 4.79 Å². The third-order valence-electron chi connectivity index (χ3n) is 0.627. The molecule has 0 aliphatic heterocycles. The van der Waals surface area contributed by atoms with E-state index in [4.69, 9.17) is 10.2 Å². The number of rotatable bonds is 4. The molecule has 48 valence electrons.